The van der Waals surface area contributed by atoms with Gasteiger partial charge in [0.25, 0.3) is 0 Å². The second-order valence-electron chi connectivity index (χ2n) is 5.72. The highest BCUT2D eigenvalue weighted by atomic mass is 16.6. The van der Waals surface area contributed by atoms with Crippen LogP contribution in [0.2, 0.25) is 0 Å². The first-order valence-corrected chi connectivity index (χ1v) is 7.12. The van der Waals surface area contributed by atoms with Crippen molar-refractivity contribution in [2.24, 2.45) is 10.6 Å². The Bertz CT molecular complexity index is 623. The molecule has 1 aliphatic heterocycles. The summed E-state index contributed by atoms with van der Waals surface area (Å²) >= 11 is 0. The number of rotatable bonds is 4. The van der Waals surface area contributed by atoms with Crippen molar-refractivity contribution in [1.29, 1.82) is 0 Å². The smallest absolute Gasteiger partial charge is 0.155 e. The van der Waals surface area contributed by atoms with Gasteiger partial charge in [0.1, 0.15) is 5.82 Å². The largest absolute Gasteiger partial charge is 0.389 e. The molecule has 4 nitrogen and oxygen atoms in total. The molecule has 1 aliphatic rings. The van der Waals surface area contributed by atoms with Crippen LogP contribution in [0.1, 0.15) is 19.4 Å². The Morgan fingerprint density at radius 3 is 2.57 bits per heavy atom. The zero-order valence-corrected chi connectivity index (χ0v) is 12.3. The minimum absolute atomic E-state index is 0.0188. The summed E-state index contributed by atoms with van der Waals surface area (Å²) in [6.45, 7) is 5.00. The maximum absolute atomic E-state index is 5.65. The molecule has 1 aromatic heterocycles. The molecule has 1 N–H and O–H groups in total. The fraction of sp³-hybridized carbons (Fsp3) is 0.294. The van der Waals surface area contributed by atoms with E-state index in [1.54, 1.807) is 6.20 Å². The molecule has 0 saturated carbocycles. The lowest BCUT2D eigenvalue weighted by Crippen LogP contribution is -2.38. The summed E-state index contributed by atoms with van der Waals surface area (Å²) in [6, 6.07) is 16.0. The first-order valence-electron chi connectivity index (χ1n) is 7.12. The van der Waals surface area contributed by atoms with Crippen LogP contribution in [0.4, 0.5) is 5.82 Å². The highest BCUT2D eigenvalue weighted by Crippen LogP contribution is 2.34. The van der Waals surface area contributed by atoms with Crippen LogP contribution in [0.5, 0.6) is 0 Å². The monoisotopic (exact) mass is 281 g/mol. The van der Waals surface area contributed by atoms with E-state index in [2.05, 4.69) is 41.4 Å². The molecule has 0 saturated heterocycles. The molecule has 1 unspecified atom stereocenters. The van der Waals surface area contributed by atoms with Gasteiger partial charge in [0.2, 0.25) is 0 Å². The number of nitrogens with one attached hydrogen (secondary N) is 1. The number of pyridine rings is 1. The predicted molar refractivity (Wildman–Crippen MR) is 84.4 cm³/mol. The lowest BCUT2D eigenvalue weighted by atomic mass is 9.79. The van der Waals surface area contributed by atoms with E-state index in [0.29, 0.717) is 6.54 Å². The lowest BCUT2D eigenvalue weighted by Gasteiger charge is -2.26. The van der Waals surface area contributed by atoms with Crippen LogP contribution in [0.25, 0.3) is 0 Å². The Morgan fingerprint density at radius 1 is 1.10 bits per heavy atom. The number of hydrogen-bond donors (Lipinski definition) is 1. The van der Waals surface area contributed by atoms with Gasteiger partial charge in [-0.3, -0.25) is 0 Å². The third-order valence-electron chi connectivity index (χ3n) is 3.87. The minimum atomic E-state index is -0.150. The average molecular weight is 281 g/mol. The molecule has 0 amide bonds. The minimum Gasteiger partial charge on any atom is -0.389 e. The molecule has 3 rings (SSSR count). The van der Waals surface area contributed by atoms with Crippen LogP contribution in [0.3, 0.4) is 0 Å². The maximum Gasteiger partial charge on any atom is 0.155 e. The predicted octanol–water partition coefficient (Wildman–Crippen LogP) is 3.32. The Balaban J connectivity index is 1.70. The summed E-state index contributed by atoms with van der Waals surface area (Å²) in [5.74, 6) is 0.852. The van der Waals surface area contributed by atoms with E-state index in [0.717, 1.165) is 17.1 Å². The number of hydrogen-bond acceptors (Lipinski definition) is 4. The van der Waals surface area contributed by atoms with Crippen LogP contribution >= 0.6 is 0 Å². The Morgan fingerprint density at radius 2 is 1.86 bits per heavy atom. The van der Waals surface area contributed by atoms with Gasteiger partial charge in [0.05, 0.1) is 17.7 Å². The van der Waals surface area contributed by atoms with Gasteiger partial charge in [0, 0.05) is 11.8 Å². The number of oxime groups is 1. The maximum atomic E-state index is 5.65. The summed E-state index contributed by atoms with van der Waals surface area (Å²) in [7, 11) is 0. The summed E-state index contributed by atoms with van der Waals surface area (Å²) < 4.78 is 0. The van der Waals surface area contributed by atoms with E-state index >= 15 is 0 Å². The second kappa shape index (κ2) is 5.56. The molecule has 0 bridgehead atoms. The van der Waals surface area contributed by atoms with Gasteiger partial charge in [0.15, 0.2) is 6.10 Å². The first-order chi connectivity index (χ1) is 10.2. The summed E-state index contributed by atoms with van der Waals surface area (Å²) in [5.41, 5.74) is 1.96. The van der Waals surface area contributed by atoms with E-state index in [9.17, 15) is 0 Å². The topological polar surface area (TPSA) is 46.5 Å². The fourth-order valence-electron chi connectivity index (χ4n) is 2.50. The van der Waals surface area contributed by atoms with E-state index in [1.165, 1.54) is 0 Å². The quantitative estimate of drug-likeness (QED) is 0.935. The fourth-order valence-corrected chi connectivity index (χ4v) is 2.50. The van der Waals surface area contributed by atoms with Crippen molar-refractivity contribution in [3.63, 3.8) is 0 Å². The third-order valence-corrected chi connectivity index (χ3v) is 3.87. The third kappa shape index (κ3) is 2.75. The van der Waals surface area contributed by atoms with Gasteiger partial charge in [-0.25, -0.2) is 4.98 Å². The molecule has 108 valence electrons. The molecule has 2 aromatic rings. The Kier molecular flexibility index (Phi) is 3.60. The molecule has 0 fully saturated rings. The van der Waals surface area contributed by atoms with Crippen molar-refractivity contribution in [2.45, 2.75) is 20.0 Å². The van der Waals surface area contributed by atoms with Crippen molar-refractivity contribution < 1.29 is 4.84 Å². The van der Waals surface area contributed by atoms with Crippen LogP contribution < -0.4 is 5.32 Å². The normalized spacial score (nSPS) is 19.7. The summed E-state index contributed by atoms with van der Waals surface area (Å²) in [5, 5.41) is 7.61. The second-order valence-corrected chi connectivity index (χ2v) is 5.72. The average Bonchev–Trinajstić information content (AvgIpc) is 2.81. The van der Waals surface area contributed by atoms with E-state index in [-0.39, 0.29) is 11.5 Å². The van der Waals surface area contributed by atoms with Crippen LogP contribution in [-0.2, 0) is 4.84 Å². The number of benzene rings is 1. The van der Waals surface area contributed by atoms with Gasteiger partial charge in [-0.2, -0.15) is 0 Å². The molecular weight excluding hydrogens is 262 g/mol. The van der Waals surface area contributed by atoms with Crippen LogP contribution in [0.15, 0.2) is 59.9 Å². The van der Waals surface area contributed by atoms with Gasteiger partial charge < -0.3 is 10.2 Å². The van der Waals surface area contributed by atoms with Crippen molar-refractivity contribution in [3.05, 3.63) is 60.3 Å². The van der Waals surface area contributed by atoms with E-state index in [1.807, 2.05) is 36.4 Å². The molecular formula is C17H19N3O. The van der Waals surface area contributed by atoms with Crippen LogP contribution in [0, 0.1) is 5.41 Å². The number of anilines is 1. The molecule has 21 heavy (non-hydrogen) atoms. The van der Waals surface area contributed by atoms with Gasteiger partial charge in [-0.05, 0) is 12.1 Å². The van der Waals surface area contributed by atoms with E-state index in [4.69, 9.17) is 4.84 Å². The Hall–Kier alpha value is -2.36. The van der Waals surface area contributed by atoms with Gasteiger partial charge >= 0.3 is 0 Å². The molecule has 0 spiro atoms. The van der Waals surface area contributed by atoms with E-state index < -0.39 is 0 Å². The molecule has 0 radical (unpaired) electrons. The summed E-state index contributed by atoms with van der Waals surface area (Å²) in [4.78, 5) is 9.92. The Labute approximate surface area is 124 Å². The lowest BCUT2D eigenvalue weighted by molar-refractivity contribution is 0.0465. The van der Waals surface area contributed by atoms with Crippen molar-refractivity contribution in [2.75, 3.05) is 11.9 Å². The molecule has 1 atom stereocenters. The highest BCUT2D eigenvalue weighted by molar-refractivity contribution is 6.05. The standard InChI is InChI=1S/C17H19N3O/c1-17(2)14(12-19-15-10-6-7-11-18-15)21-20-16(17)13-8-4-3-5-9-13/h3-11,14H,12H2,1-2H3,(H,18,19). The molecule has 2 heterocycles. The van der Waals surface area contributed by atoms with Crippen molar-refractivity contribution in [1.82, 2.24) is 4.98 Å². The molecule has 0 aliphatic carbocycles. The SMILES string of the molecule is CC1(C)C(c2ccccc2)=NOC1CNc1ccccn1. The zero-order chi connectivity index (χ0) is 14.7. The summed E-state index contributed by atoms with van der Waals surface area (Å²) in [6.07, 6.45) is 1.75. The van der Waals surface area contributed by atoms with Crippen molar-refractivity contribution in [3.8, 4) is 0 Å². The molecule has 1 aromatic carbocycles. The van der Waals surface area contributed by atoms with Crippen molar-refractivity contribution >= 4 is 11.5 Å². The number of nitrogens with zero attached hydrogens (tertiary/aromatic N) is 2. The first kappa shape index (κ1) is 13.6. The number of aromatic nitrogens is 1. The van der Waals surface area contributed by atoms with Crippen LogP contribution in [-0.4, -0.2) is 23.3 Å². The van der Waals surface area contributed by atoms with Gasteiger partial charge in [-0.1, -0.05) is 55.4 Å². The highest BCUT2D eigenvalue weighted by Gasteiger charge is 2.42. The molecule has 4 heteroatoms. The van der Waals surface area contributed by atoms with Gasteiger partial charge in [-0.15, -0.1) is 0 Å². The zero-order valence-electron chi connectivity index (χ0n) is 12.3.